The van der Waals surface area contributed by atoms with E-state index < -0.39 is 11.6 Å². The van der Waals surface area contributed by atoms with Gasteiger partial charge in [0.2, 0.25) is 0 Å². The summed E-state index contributed by atoms with van der Waals surface area (Å²) in [6, 6.07) is 8.69. The molecule has 0 amide bonds. The van der Waals surface area contributed by atoms with E-state index in [9.17, 15) is 8.78 Å². The molecule has 0 aromatic heterocycles. The minimum atomic E-state index is -0.432. The summed E-state index contributed by atoms with van der Waals surface area (Å²) >= 11 is 5.77. The molecular weight excluding hydrogens is 272 g/mol. The highest BCUT2D eigenvalue weighted by atomic mass is 35.5. The number of ether oxygens (including phenoxy) is 1. The van der Waals surface area contributed by atoms with Crippen LogP contribution in [0.5, 0.6) is 5.75 Å². The van der Waals surface area contributed by atoms with Crippen molar-refractivity contribution < 1.29 is 13.5 Å². The second kappa shape index (κ2) is 5.89. The lowest BCUT2D eigenvalue weighted by molar-refractivity contribution is 0.411. The highest BCUT2D eigenvalue weighted by Gasteiger charge is 2.06. The van der Waals surface area contributed by atoms with Crippen molar-refractivity contribution in [2.75, 3.05) is 12.4 Å². The molecule has 2 rings (SSSR count). The SMILES string of the molecule is COc1ccc(CNc2cc(Cl)ccc2F)c(F)c1. The average Bonchev–Trinajstić information content (AvgIpc) is 2.40. The van der Waals surface area contributed by atoms with Crippen molar-refractivity contribution in [2.24, 2.45) is 0 Å². The van der Waals surface area contributed by atoms with Gasteiger partial charge >= 0.3 is 0 Å². The van der Waals surface area contributed by atoms with E-state index in [4.69, 9.17) is 16.3 Å². The van der Waals surface area contributed by atoms with Crippen LogP contribution in [0.1, 0.15) is 5.56 Å². The monoisotopic (exact) mass is 283 g/mol. The Hall–Kier alpha value is -1.81. The molecule has 0 aliphatic carbocycles. The van der Waals surface area contributed by atoms with E-state index in [0.29, 0.717) is 16.3 Å². The maximum Gasteiger partial charge on any atom is 0.146 e. The summed E-state index contributed by atoms with van der Waals surface area (Å²) < 4.78 is 32.0. The van der Waals surface area contributed by atoms with Crippen molar-refractivity contribution in [3.63, 3.8) is 0 Å². The molecule has 0 heterocycles. The Kier molecular flexibility index (Phi) is 4.22. The van der Waals surface area contributed by atoms with Crippen molar-refractivity contribution in [3.05, 3.63) is 58.6 Å². The summed E-state index contributed by atoms with van der Waals surface area (Å²) in [6.45, 7) is 0.160. The number of rotatable bonds is 4. The van der Waals surface area contributed by atoms with Crippen LogP contribution < -0.4 is 10.1 Å². The van der Waals surface area contributed by atoms with E-state index in [-0.39, 0.29) is 12.2 Å². The molecule has 2 aromatic rings. The van der Waals surface area contributed by atoms with E-state index >= 15 is 0 Å². The van der Waals surface area contributed by atoms with Crippen LogP contribution in [0.3, 0.4) is 0 Å². The molecule has 0 unspecified atom stereocenters. The first-order chi connectivity index (χ1) is 9.10. The van der Waals surface area contributed by atoms with Gasteiger partial charge in [0.15, 0.2) is 0 Å². The number of anilines is 1. The van der Waals surface area contributed by atoms with E-state index in [1.807, 2.05) is 0 Å². The van der Waals surface area contributed by atoms with Crippen molar-refractivity contribution in [1.29, 1.82) is 0 Å². The van der Waals surface area contributed by atoms with Gasteiger partial charge in [-0.1, -0.05) is 17.7 Å². The number of halogens is 3. The number of hydrogen-bond acceptors (Lipinski definition) is 2. The lowest BCUT2D eigenvalue weighted by Gasteiger charge is -2.09. The molecule has 2 nitrogen and oxygen atoms in total. The minimum absolute atomic E-state index is 0.160. The van der Waals surface area contributed by atoms with Gasteiger partial charge in [0.05, 0.1) is 12.8 Å². The summed E-state index contributed by atoms with van der Waals surface area (Å²) in [4.78, 5) is 0. The van der Waals surface area contributed by atoms with Crippen LogP contribution in [-0.2, 0) is 6.54 Å². The largest absolute Gasteiger partial charge is 0.497 e. The van der Waals surface area contributed by atoms with Crippen LogP contribution in [0.15, 0.2) is 36.4 Å². The summed E-state index contributed by atoms with van der Waals surface area (Å²) in [5, 5.41) is 3.22. The normalized spacial score (nSPS) is 10.3. The molecular formula is C14H12ClF2NO. The number of benzene rings is 2. The molecule has 1 N–H and O–H groups in total. The molecule has 0 aliphatic rings. The topological polar surface area (TPSA) is 21.3 Å². The first kappa shape index (κ1) is 13.6. The van der Waals surface area contributed by atoms with Crippen molar-refractivity contribution >= 4 is 17.3 Å². The van der Waals surface area contributed by atoms with Crippen LogP contribution in [0.25, 0.3) is 0 Å². The Bertz CT molecular complexity index is 590. The molecule has 0 bridgehead atoms. The van der Waals surface area contributed by atoms with Gasteiger partial charge in [-0.25, -0.2) is 8.78 Å². The van der Waals surface area contributed by atoms with Gasteiger partial charge in [0, 0.05) is 23.2 Å². The highest BCUT2D eigenvalue weighted by molar-refractivity contribution is 6.30. The molecule has 0 fully saturated rings. The minimum Gasteiger partial charge on any atom is -0.497 e. The molecule has 0 aliphatic heterocycles. The zero-order valence-electron chi connectivity index (χ0n) is 10.2. The Morgan fingerprint density at radius 2 is 1.89 bits per heavy atom. The molecule has 5 heteroatoms. The molecule has 0 spiro atoms. The molecule has 19 heavy (non-hydrogen) atoms. The van der Waals surface area contributed by atoms with Crippen LogP contribution in [0.2, 0.25) is 5.02 Å². The molecule has 100 valence electrons. The first-order valence-corrected chi connectivity index (χ1v) is 5.99. The van der Waals surface area contributed by atoms with Gasteiger partial charge in [-0.15, -0.1) is 0 Å². The number of hydrogen-bond donors (Lipinski definition) is 1. The molecule has 0 radical (unpaired) electrons. The first-order valence-electron chi connectivity index (χ1n) is 5.61. The summed E-state index contributed by atoms with van der Waals surface area (Å²) in [5.74, 6) is -0.400. The molecule has 2 aromatic carbocycles. The van der Waals surface area contributed by atoms with E-state index in [0.717, 1.165) is 0 Å². The fourth-order valence-corrected chi connectivity index (χ4v) is 1.79. The van der Waals surface area contributed by atoms with E-state index in [1.54, 1.807) is 12.1 Å². The summed E-state index contributed by atoms with van der Waals surface area (Å²) in [5.41, 5.74) is 0.655. The average molecular weight is 284 g/mol. The van der Waals surface area contributed by atoms with Crippen LogP contribution in [0, 0.1) is 11.6 Å². The summed E-state index contributed by atoms with van der Waals surface area (Å²) in [6.07, 6.45) is 0. The van der Waals surface area contributed by atoms with Crippen molar-refractivity contribution in [2.45, 2.75) is 6.54 Å². The molecule has 0 saturated heterocycles. The second-order valence-electron chi connectivity index (χ2n) is 3.94. The Balaban J connectivity index is 2.12. The van der Waals surface area contributed by atoms with Gasteiger partial charge < -0.3 is 10.1 Å². The Morgan fingerprint density at radius 3 is 2.58 bits per heavy atom. The van der Waals surface area contributed by atoms with Gasteiger partial charge in [-0.2, -0.15) is 0 Å². The van der Waals surface area contributed by atoms with Crippen molar-refractivity contribution in [3.8, 4) is 5.75 Å². The van der Waals surface area contributed by atoms with E-state index in [1.165, 1.54) is 31.4 Å². The third kappa shape index (κ3) is 3.35. The van der Waals surface area contributed by atoms with Gasteiger partial charge in [0.1, 0.15) is 17.4 Å². The van der Waals surface area contributed by atoms with E-state index in [2.05, 4.69) is 5.32 Å². The lowest BCUT2D eigenvalue weighted by atomic mass is 10.2. The van der Waals surface area contributed by atoms with Crippen LogP contribution >= 0.6 is 11.6 Å². The van der Waals surface area contributed by atoms with Gasteiger partial charge in [-0.05, 0) is 24.3 Å². The number of methoxy groups -OCH3 is 1. The van der Waals surface area contributed by atoms with Crippen LogP contribution in [-0.4, -0.2) is 7.11 Å². The second-order valence-corrected chi connectivity index (χ2v) is 4.37. The molecule has 0 saturated carbocycles. The lowest BCUT2D eigenvalue weighted by Crippen LogP contribution is -2.03. The van der Waals surface area contributed by atoms with Crippen LogP contribution in [0.4, 0.5) is 14.5 Å². The standard InChI is InChI=1S/C14H12ClF2NO/c1-19-11-4-2-9(13(17)7-11)8-18-14-6-10(15)3-5-12(14)16/h2-7,18H,8H2,1H3. The Labute approximate surface area is 115 Å². The summed E-state index contributed by atoms with van der Waals surface area (Å²) in [7, 11) is 1.47. The quantitative estimate of drug-likeness (QED) is 0.906. The van der Waals surface area contributed by atoms with Crippen molar-refractivity contribution in [1.82, 2.24) is 0 Å². The van der Waals surface area contributed by atoms with Gasteiger partial charge in [-0.3, -0.25) is 0 Å². The third-order valence-corrected chi connectivity index (χ3v) is 2.89. The maximum absolute atomic E-state index is 13.7. The number of nitrogens with one attached hydrogen (secondary N) is 1. The smallest absolute Gasteiger partial charge is 0.146 e. The highest BCUT2D eigenvalue weighted by Crippen LogP contribution is 2.21. The predicted octanol–water partition coefficient (Wildman–Crippen LogP) is 4.24. The Morgan fingerprint density at radius 1 is 1.11 bits per heavy atom. The zero-order valence-corrected chi connectivity index (χ0v) is 11.0. The third-order valence-electron chi connectivity index (χ3n) is 2.66. The zero-order chi connectivity index (χ0) is 13.8. The fraction of sp³-hybridized carbons (Fsp3) is 0.143. The fourth-order valence-electron chi connectivity index (χ4n) is 1.62. The predicted molar refractivity (Wildman–Crippen MR) is 71.7 cm³/mol. The molecule has 0 atom stereocenters. The maximum atomic E-state index is 13.7. The van der Waals surface area contributed by atoms with Gasteiger partial charge in [0.25, 0.3) is 0 Å².